The van der Waals surface area contributed by atoms with Gasteiger partial charge in [-0.25, -0.2) is 0 Å². The zero-order valence-corrected chi connectivity index (χ0v) is 11.3. The fourth-order valence-corrected chi connectivity index (χ4v) is 1.42. The predicted molar refractivity (Wildman–Crippen MR) is 69.0 cm³/mol. The molecule has 0 aliphatic rings. The molecule has 0 bridgehead atoms. The van der Waals surface area contributed by atoms with E-state index in [0.29, 0.717) is 11.3 Å². The molecule has 0 saturated carbocycles. The highest BCUT2D eigenvalue weighted by Crippen LogP contribution is 2.04. The number of H-pyrrole nitrogens is 1. The standard InChI is InChI=1S/C13H18N2O4/c1-8(2)19-12(17)4-5-14-13(18)11-6-10(7-15-11)9(3)16/h6-8,15H,4-5H2,1-3H3,(H,14,18). The lowest BCUT2D eigenvalue weighted by Crippen LogP contribution is -2.27. The molecule has 0 spiro atoms. The van der Waals surface area contributed by atoms with E-state index in [4.69, 9.17) is 4.74 Å². The van der Waals surface area contributed by atoms with Gasteiger partial charge >= 0.3 is 5.97 Å². The second-order valence-corrected chi connectivity index (χ2v) is 4.40. The van der Waals surface area contributed by atoms with Gasteiger partial charge in [0.1, 0.15) is 5.69 Å². The number of aromatic amines is 1. The molecule has 0 unspecified atom stereocenters. The molecule has 0 aliphatic carbocycles. The van der Waals surface area contributed by atoms with Crippen LogP contribution in [0.15, 0.2) is 12.3 Å². The number of Topliss-reactive ketones (excluding diaryl/α,β-unsaturated/α-hetero) is 1. The summed E-state index contributed by atoms with van der Waals surface area (Å²) >= 11 is 0. The number of hydrogen-bond donors (Lipinski definition) is 2. The molecule has 0 atom stereocenters. The van der Waals surface area contributed by atoms with E-state index in [9.17, 15) is 14.4 Å². The minimum atomic E-state index is -0.357. The first-order chi connectivity index (χ1) is 8.90. The van der Waals surface area contributed by atoms with E-state index in [1.54, 1.807) is 13.8 Å². The molecule has 0 aliphatic heterocycles. The number of ether oxygens (including phenoxy) is 1. The molecule has 0 radical (unpaired) electrons. The van der Waals surface area contributed by atoms with Crippen molar-refractivity contribution in [1.29, 1.82) is 0 Å². The van der Waals surface area contributed by atoms with Gasteiger partial charge in [0.2, 0.25) is 0 Å². The number of carbonyl (C=O) groups is 3. The fourth-order valence-electron chi connectivity index (χ4n) is 1.42. The highest BCUT2D eigenvalue weighted by molar-refractivity contribution is 5.99. The van der Waals surface area contributed by atoms with Gasteiger partial charge in [-0.2, -0.15) is 0 Å². The van der Waals surface area contributed by atoms with Crippen LogP contribution in [-0.4, -0.2) is 35.3 Å². The molecular formula is C13H18N2O4. The van der Waals surface area contributed by atoms with Gasteiger partial charge < -0.3 is 15.0 Å². The van der Waals surface area contributed by atoms with Crippen molar-refractivity contribution < 1.29 is 19.1 Å². The van der Waals surface area contributed by atoms with Crippen molar-refractivity contribution in [1.82, 2.24) is 10.3 Å². The topological polar surface area (TPSA) is 88.3 Å². The van der Waals surface area contributed by atoms with E-state index in [1.807, 2.05) is 0 Å². The van der Waals surface area contributed by atoms with Gasteiger partial charge in [0.25, 0.3) is 5.91 Å². The lowest BCUT2D eigenvalue weighted by atomic mass is 10.2. The van der Waals surface area contributed by atoms with Crippen molar-refractivity contribution in [3.05, 3.63) is 23.5 Å². The lowest BCUT2D eigenvalue weighted by molar-refractivity contribution is -0.147. The highest BCUT2D eigenvalue weighted by atomic mass is 16.5. The predicted octanol–water partition coefficient (Wildman–Crippen LogP) is 1.29. The minimum Gasteiger partial charge on any atom is -0.463 e. The van der Waals surface area contributed by atoms with Crippen molar-refractivity contribution in [2.45, 2.75) is 33.3 Å². The van der Waals surface area contributed by atoms with Gasteiger partial charge in [-0.05, 0) is 26.8 Å². The fraction of sp³-hybridized carbons (Fsp3) is 0.462. The summed E-state index contributed by atoms with van der Waals surface area (Å²) in [7, 11) is 0. The Morgan fingerprint density at radius 2 is 2.05 bits per heavy atom. The van der Waals surface area contributed by atoms with Gasteiger partial charge in [-0.15, -0.1) is 0 Å². The number of esters is 1. The van der Waals surface area contributed by atoms with Gasteiger partial charge in [-0.1, -0.05) is 0 Å². The minimum absolute atomic E-state index is 0.115. The summed E-state index contributed by atoms with van der Waals surface area (Å²) in [5.41, 5.74) is 0.742. The van der Waals surface area contributed by atoms with Crippen LogP contribution in [0.5, 0.6) is 0 Å². The molecule has 1 aromatic rings. The Kier molecular flexibility index (Phi) is 5.29. The van der Waals surface area contributed by atoms with Crippen LogP contribution in [0, 0.1) is 0 Å². The van der Waals surface area contributed by atoms with Crippen LogP contribution in [0.1, 0.15) is 48.0 Å². The molecule has 6 heteroatoms. The molecule has 1 heterocycles. The largest absolute Gasteiger partial charge is 0.463 e. The van der Waals surface area contributed by atoms with Crippen LogP contribution >= 0.6 is 0 Å². The van der Waals surface area contributed by atoms with Gasteiger partial charge in [0, 0.05) is 18.3 Å². The van der Waals surface area contributed by atoms with Crippen molar-refractivity contribution in [3.8, 4) is 0 Å². The van der Waals surface area contributed by atoms with Crippen molar-refractivity contribution in [2.75, 3.05) is 6.54 Å². The van der Waals surface area contributed by atoms with E-state index in [0.717, 1.165) is 0 Å². The second-order valence-electron chi connectivity index (χ2n) is 4.40. The van der Waals surface area contributed by atoms with Crippen LogP contribution in [0.3, 0.4) is 0 Å². The van der Waals surface area contributed by atoms with E-state index in [1.165, 1.54) is 19.2 Å². The van der Waals surface area contributed by atoms with E-state index < -0.39 is 0 Å². The summed E-state index contributed by atoms with van der Waals surface area (Å²) in [5, 5.41) is 2.57. The van der Waals surface area contributed by atoms with Gasteiger partial charge in [-0.3, -0.25) is 14.4 Å². The monoisotopic (exact) mass is 266 g/mol. The summed E-state index contributed by atoms with van der Waals surface area (Å²) in [6.45, 7) is 5.14. The summed E-state index contributed by atoms with van der Waals surface area (Å²) in [6, 6.07) is 1.48. The Labute approximate surface area is 111 Å². The number of amides is 1. The third kappa shape index (κ3) is 4.95. The van der Waals surface area contributed by atoms with E-state index in [2.05, 4.69) is 10.3 Å². The molecule has 1 amide bonds. The van der Waals surface area contributed by atoms with Crippen LogP contribution < -0.4 is 5.32 Å². The maximum absolute atomic E-state index is 11.7. The Morgan fingerprint density at radius 1 is 1.37 bits per heavy atom. The second kappa shape index (κ2) is 6.72. The first-order valence-electron chi connectivity index (χ1n) is 6.07. The number of ketones is 1. The molecule has 2 N–H and O–H groups in total. The molecule has 1 rings (SSSR count). The molecule has 0 saturated heterocycles. The third-order valence-corrected chi connectivity index (χ3v) is 2.32. The van der Waals surface area contributed by atoms with Crippen LogP contribution in [0.2, 0.25) is 0 Å². The maximum Gasteiger partial charge on any atom is 0.307 e. The zero-order chi connectivity index (χ0) is 14.4. The zero-order valence-electron chi connectivity index (χ0n) is 11.3. The Hall–Kier alpha value is -2.11. The van der Waals surface area contributed by atoms with Gasteiger partial charge in [0.15, 0.2) is 5.78 Å². The summed E-state index contributed by atoms with van der Waals surface area (Å²) in [5.74, 6) is -0.827. The Balaban J connectivity index is 2.39. The molecule has 104 valence electrons. The summed E-state index contributed by atoms with van der Waals surface area (Å²) < 4.78 is 4.93. The lowest BCUT2D eigenvalue weighted by Gasteiger charge is -2.08. The highest BCUT2D eigenvalue weighted by Gasteiger charge is 2.11. The van der Waals surface area contributed by atoms with Crippen LogP contribution in [0.4, 0.5) is 0 Å². The average Bonchev–Trinajstić information content (AvgIpc) is 2.76. The number of hydrogen-bond acceptors (Lipinski definition) is 4. The number of carbonyl (C=O) groups excluding carboxylic acids is 3. The van der Waals surface area contributed by atoms with Crippen molar-refractivity contribution in [2.24, 2.45) is 0 Å². The maximum atomic E-state index is 11.7. The quantitative estimate of drug-likeness (QED) is 0.600. The molecule has 6 nitrogen and oxygen atoms in total. The molecule has 0 fully saturated rings. The molecule has 1 aromatic heterocycles. The van der Waals surface area contributed by atoms with Crippen molar-refractivity contribution in [3.63, 3.8) is 0 Å². The first kappa shape index (κ1) is 14.9. The first-order valence-corrected chi connectivity index (χ1v) is 6.07. The smallest absolute Gasteiger partial charge is 0.307 e. The number of nitrogens with one attached hydrogen (secondary N) is 2. The third-order valence-electron chi connectivity index (χ3n) is 2.32. The van der Waals surface area contributed by atoms with Crippen LogP contribution in [0.25, 0.3) is 0 Å². The molecule has 0 aromatic carbocycles. The SMILES string of the molecule is CC(=O)c1c[nH]c(C(=O)NCCC(=O)OC(C)C)c1. The Bertz CT molecular complexity index is 477. The number of rotatable bonds is 6. The van der Waals surface area contributed by atoms with Crippen LogP contribution in [-0.2, 0) is 9.53 Å². The average molecular weight is 266 g/mol. The number of aromatic nitrogens is 1. The summed E-state index contributed by atoms with van der Waals surface area (Å²) in [4.78, 5) is 36.7. The normalized spacial score (nSPS) is 10.3. The van der Waals surface area contributed by atoms with Gasteiger partial charge in [0.05, 0.1) is 12.5 Å². The van der Waals surface area contributed by atoms with E-state index >= 15 is 0 Å². The Morgan fingerprint density at radius 3 is 2.58 bits per heavy atom. The molecule has 19 heavy (non-hydrogen) atoms. The molecular weight excluding hydrogens is 248 g/mol. The summed E-state index contributed by atoms with van der Waals surface area (Å²) in [6.07, 6.45) is 1.43. The van der Waals surface area contributed by atoms with Crippen molar-refractivity contribution >= 4 is 17.7 Å². The van der Waals surface area contributed by atoms with E-state index in [-0.39, 0.29) is 36.7 Å².